The zero-order chi connectivity index (χ0) is 85.9. The van der Waals surface area contributed by atoms with Crippen LogP contribution < -0.4 is 4.90 Å². The Kier molecular flexibility index (Phi) is 16.8. The van der Waals surface area contributed by atoms with Gasteiger partial charge in [-0.2, -0.15) is 0 Å². The molecule has 130 heavy (non-hydrogen) atoms. The predicted molar refractivity (Wildman–Crippen MR) is 539 cm³/mol. The normalized spacial score (nSPS) is 13.2. The first-order valence-corrected chi connectivity index (χ1v) is 44.9. The lowest BCUT2D eigenvalue weighted by atomic mass is 9.70. The van der Waals surface area contributed by atoms with Crippen molar-refractivity contribution in [2.45, 2.75) is 16.7 Å². The van der Waals surface area contributed by atoms with Crippen molar-refractivity contribution in [3.63, 3.8) is 0 Å². The average molecular weight is 1650 g/mol. The van der Waals surface area contributed by atoms with Gasteiger partial charge in [-0.3, -0.25) is 9.97 Å². The first-order chi connectivity index (χ1) is 64.4. The second-order valence-electron chi connectivity index (χ2n) is 35.0. The predicted octanol–water partition coefficient (Wildman–Crippen LogP) is 31.6. The highest BCUT2D eigenvalue weighted by Gasteiger charge is 2.54. The summed E-state index contributed by atoms with van der Waals surface area (Å²) in [5.74, 6) is -0.116. The summed E-state index contributed by atoms with van der Waals surface area (Å²) in [6, 6.07) is 160. The Bertz CT molecular complexity index is 7820. The molecule has 18 aromatic carbocycles. The molecule has 0 N–H and O–H groups in total. The Labute approximate surface area is 754 Å². The van der Waals surface area contributed by atoms with Crippen molar-refractivity contribution in [2.75, 3.05) is 4.90 Å². The second kappa shape index (κ2) is 29.4. The topological polar surface area (TPSA) is 38.9 Å². The van der Waals surface area contributed by atoms with Crippen molar-refractivity contribution in [3.8, 4) is 112 Å². The highest BCUT2D eigenvalue weighted by Crippen LogP contribution is 2.67. The summed E-state index contributed by atoms with van der Waals surface area (Å²) in [6.07, 6.45) is 11.4. The fraction of sp³-hybridized carbons (Fsp3) is 0.0240. The van der Waals surface area contributed by atoms with Gasteiger partial charge in [-0.05, 0) is 270 Å². The molecule has 1 atom stereocenters. The lowest BCUT2D eigenvalue weighted by Crippen LogP contribution is -2.26. The second-order valence-corrected chi connectivity index (χ2v) is 35.0. The number of pyridine rings is 2. The van der Waals surface area contributed by atoms with Crippen LogP contribution in [0.4, 0.5) is 17.1 Å². The number of benzene rings is 18. The van der Waals surface area contributed by atoms with Gasteiger partial charge in [0.05, 0.1) is 38.6 Å². The minimum absolute atomic E-state index is 0.116. The molecular weight excluding hydrogens is 1570 g/mol. The summed E-state index contributed by atoms with van der Waals surface area (Å²) in [4.78, 5) is 11.5. The number of nitrogens with zero attached hydrogens (tertiary/aromatic N) is 5. The van der Waals surface area contributed by atoms with Crippen LogP contribution >= 0.6 is 0 Å². The van der Waals surface area contributed by atoms with Gasteiger partial charge in [0.1, 0.15) is 0 Å². The quantitative estimate of drug-likeness (QED) is 0.0960. The van der Waals surface area contributed by atoms with Crippen molar-refractivity contribution < 1.29 is 0 Å². The lowest BCUT2D eigenvalue weighted by molar-refractivity contribution is 0.792. The minimum atomic E-state index is -0.502. The molecule has 1 unspecified atom stereocenters. The number of rotatable bonds is 15. The SMILES string of the molecule is C=Cc1ccc(-c2ccc(C(c3ccc(-c4ccc5c(c4)c4cc(-c6ccc7c(c6)c6cc(-c8ccc(N(c9ccc(-c%10ccc(C=C)cc%10)cc9)c9cccc%10c9-c9ccccc9C%109c%10ccccc%10-c%10ccccc%109)cc8)ccc6n7-c6ccncc6)ccc4n5-c4ccncc4)cc3)c3cccc4c3-c3ccccc3C43c4ccccc4-c4ccccc43)cc2)cc1. The molecule has 4 aromatic heterocycles. The standard InChI is InChI=1S/C125H81N5/c1-3-79-35-39-81(40-36-79)83-43-47-87(48-44-83)121(103-25-17-32-114-122(103)101-23-9-15-30-112(101)124(114)108-26-11-5-19-97(108)98-20-6-12-27-109(98)124)88-49-45-85(46-50-88)89-55-63-116-104(75-89)106-77-91(57-65-118(106)129(116)95-67-71-126-72-68-95)92-58-66-119-107(78-92)105-76-90(56-64-117(105)130(119)96-69-73-127-74-70-96)86-53-61-94(62-54-86)128(93-59-51-84(52-60-93)82-41-37-80(4-2)38-42-82)120-34-18-33-115-123(120)102-24-10-16-31-113(102)125(115)110-28-13-7-21-99(110)100-22-8-14-29-111(100)125/h3-78,121H,1-2H2. The van der Waals surface area contributed by atoms with Crippen LogP contribution in [0, 0.1) is 0 Å². The van der Waals surface area contributed by atoms with Crippen molar-refractivity contribution >= 4 is 72.8 Å². The van der Waals surface area contributed by atoms with E-state index in [9.17, 15) is 0 Å². The summed E-state index contributed by atoms with van der Waals surface area (Å²) >= 11 is 0. The fourth-order valence-corrected chi connectivity index (χ4v) is 23.0. The minimum Gasteiger partial charge on any atom is -0.310 e. The van der Waals surface area contributed by atoms with E-state index in [1.807, 2.05) is 36.9 Å². The van der Waals surface area contributed by atoms with E-state index < -0.39 is 10.8 Å². The van der Waals surface area contributed by atoms with E-state index in [-0.39, 0.29) is 5.92 Å². The number of fused-ring (bicyclic) bond motifs is 26. The number of hydrogen-bond acceptors (Lipinski definition) is 3. The molecule has 5 heteroatoms. The summed E-state index contributed by atoms with van der Waals surface area (Å²) in [7, 11) is 0. The molecule has 2 spiro atoms. The zero-order valence-corrected chi connectivity index (χ0v) is 71.1. The average Bonchev–Trinajstić information content (AvgIpc) is 1.51. The number of hydrogen-bond donors (Lipinski definition) is 0. The highest BCUT2D eigenvalue weighted by atomic mass is 15.1. The highest BCUT2D eigenvalue weighted by molar-refractivity contribution is 6.15. The summed E-state index contributed by atoms with van der Waals surface area (Å²) in [5.41, 5.74) is 47.1. The summed E-state index contributed by atoms with van der Waals surface area (Å²) < 4.78 is 4.79. The van der Waals surface area contributed by atoms with Gasteiger partial charge in [-0.25, -0.2) is 0 Å². The van der Waals surface area contributed by atoms with Crippen molar-refractivity contribution in [1.29, 1.82) is 0 Å². The third-order valence-corrected chi connectivity index (χ3v) is 28.7. The van der Waals surface area contributed by atoms with Crippen LogP contribution in [0.15, 0.2) is 463 Å². The molecule has 4 aliphatic carbocycles. The van der Waals surface area contributed by atoms with Gasteiger partial charge in [0, 0.05) is 80.6 Å². The number of anilines is 3. The summed E-state index contributed by atoms with van der Waals surface area (Å²) in [5, 5.41) is 4.65. The monoisotopic (exact) mass is 1650 g/mol. The Morgan fingerprint density at radius 1 is 0.246 bits per heavy atom. The molecule has 0 saturated heterocycles. The van der Waals surface area contributed by atoms with Crippen LogP contribution in [0.3, 0.4) is 0 Å². The molecule has 0 radical (unpaired) electrons. The van der Waals surface area contributed by atoms with Crippen LogP contribution in [-0.4, -0.2) is 19.1 Å². The molecule has 0 fully saturated rings. The molecule has 0 bridgehead atoms. The molecule has 4 aliphatic rings. The molecule has 0 aliphatic heterocycles. The smallest absolute Gasteiger partial charge is 0.0726 e. The van der Waals surface area contributed by atoms with Gasteiger partial charge in [0.25, 0.3) is 0 Å². The molecule has 606 valence electrons. The van der Waals surface area contributed by atoms with E-state index in [0.29, 0.717) is 0 Å². The van der Waals surface area contributed by atoms with Gasteiger partial charge >= 0.3 is 0 Å². The van der Waals surface area contributed by atoms with Crippen LogP contribution in [0.25, 0.3) is 167 Å². The molecule has 4 heterocycles. The Hall–Kier alpha value is -16.9. The van der Waals surface area contributed by atoms with Gasteiger partial charge in [0.15, 0.2) is 0 Å². The molecule has 22 aromatic rings. The third-order valence-electron chi connectivity index (χ3n) is 28.7. The van der Waals surface area contributed by atoms with Gasteiger partial charge in [-0.1, -0.05) is 347 Å². The fourth-order valence-electron chi connectivity index (χ4n) is 23.0. The molecule has 0 saturated carbocycles. The maximum Gasteiger partial charge on any atom is 0.0726 e. The van der Waals surface area contributed by atoms with E-state index in [2.05, 4.69) is 462 Å². The van der Waals surface area contributed by atoms with Crippen molar-refractivity contribution in [3.05, 3.63) is 535 Å². The van der Waals surface area contributed by atoms with Crippen LogP contribution in [-0.2, 0) is 10.8 Å². The zero-order valence-electron chi connectivity index (χ0n) is 71.1. The molecule has 5 nitrogen and oxygen atoms in total. The van der Waals surface area contributed by atoms with E-state index in [1.54, 1.807) is 0 Å². The first-order valence-electron chi connectivity index (χ1n) is 44.9. The Balaban J connectivity index is 0.584. The lowest BCUT2D eigenvalue weighted by Gasteiger charge is -2.32. The van der Waals surface area contributed by atoms with Gasteiger partial charge in [0.2, 0.25) is 0 Å². The Morgan fingerprint density at radius 2 is 0.523 bits per heavy atom. The largest absolute Gasteiger partial charge is 0.310 e. The van der Waals surface area contributed by atoms with E-state index >= 15 is 0 Å². The van der Waals surface area contributed by atoms with E-state index in [0.717, 1.165) is 122 Å². The third kappa shape index (κ3) is 11.1. The number of aromatic nitrogens is 4. The van der Waals surface area contributed by atoms with Crippen molar-refractivity contribution in [1.82, 2.24) is 19.1 Å². The maximum absolute atomic E-state index is 4.51. The Morgan fingerprint density at radius 3 is 0.885 bits per heavy atom. The molecular formula is C125H81N5. The van der Waals surface area contributed by atoms with E-state index in [1.165, 1.54) is 122 Å². The van der Waals surface area contributed by atoms with Crippen molar-refractivity contribution in [2.24, 2.45) is 0 Å². The van der Waals surface area contributed by atoms with Crippen LogP contribution in [0.5, 0.6) is 0 Å². The summed E-state index contributed by atoms with van der Waals surface area (Å²) in [6.45, 7) is 8.06. The van der Waals surface area contributed by atoms with E-state index in [4.69, 9.17) is 0 Å². The van der Waals surface area contributed by atoms with Crippen LogP contribution in [0.1, 0.15) is 78.2 Å². The molecule has 0 amide bonds. The molecule has 26 rings (SSSR count). The first kappa shape index (κ1) is 74.6. The van der Waals surface area contributed by atoms with Gasteiger partial charge in [-0.15, -0.1) is 0 Å². The van der Waals surface area contributed by atoms with Crippen LogP contribution in [0.2, 0.25) is 0 Å². The van der Waals surface area contributed by atoms with Gasteiger partial charge < -0.3 is 14.0 Å². The maximum atomic E-state index is 4.51.